The third kappa shape index (κ3) is 3.33. The number of benzene rings is 1. The molecule has 0 bridgehead atoms. The Hall–Kier alpha value is -0.510. The van der Waals surface area contributed by atoms with Gasteiger partial charge in [-0.25, -0.2) is 4.39 Å². The van der Waals surface area contributed by atoms with Crippen molar-refractivity contribution in [1.82, 2.24) is 5.32 Å². The molecular weight excluding hydrogens is 286 g/mol. The summed E-state index contributed by atoms with van der Waals surface area (Å²) in [6.45, 7) is 7.00. The lowest BCUT2D eigenvalue weighted by Gasteiger charge is -2.34. The molecule has 0 saturated carbocycles. The highest BCUT2D eigenvalue weighted by molar-refractivity contribution is 6.39. The molecule has 2 rings (SSSR count). The van der Waals surface area contributed by atoms with Crippen LogP contribution < -0.4 is 10.2 Å². The second-order valence-electron chi connectivity index (χ2n) is 5.33. The lowest BCUT2D eigenvalue weighted by atomic mass is 9.98. The smallest absolute Gasteiger partial charge is 0.126 e. The molecule has 0 radical (unpaired) electrons. The van der Waals surface area contributed by atoms with E-state index in [4.69, 9.17) is 23.2 Å². The van der Waals surface area contributed by atoms with Crippen molar-refractivity contribution in [3.05, 3.63) is 28.0 Å². The van der Waals surface area contributed by atoms with Crippen LogP contribution in [0, 0.1) is 5.82 Å². The zero-order chi connectivity index (χ0) is 14.0. The van der Waals surface area contributed by atoms with E-state index >= 15 is 0 Å². The second kappa shape index (κ2) is 5.86. The first kappa shape index (κ1) is 14.9. The van der Waals surface area contributed by atoms with E-state index in [9.17, 15) is 4.39 Å². The Bertz CT molecular complexity index is 444. The van der Waals surface area contributed by atoms with Gasteiger partial charge in [-0.3, -0.25) is 0 Å². The summed E-state index contributed by atoms with van der Waals surface area (Å²) < 4.78 is 13.3. The van der Waals surface area contributed by atoms with Gasteiger partial charge in [0.15, 0.2) is 0 Å². The number of nitrogens with one attached hydrogen (secondary N) is 1. The summed E-state index contributed by atoms with van der Waals surface area (Å²) in [4.78, 5) is 2.16. The molecule has 0 spiro atoms. The molecular formula is C14H19Cl2FN2. The van der Waals surface area contributed by atoms with Gasteiger partial charge in [-0.1, -0.05) is 30.1 Å². The Balaban J connectivity index is 2.35. The van der Waals surface area contributed by atoms with E-state index in [0.717, 1.165) is 38.2 Å². The van der Waals surface area contributed by atoms with Crippen molar-refractivity contribution >= 4 is 28.9 Å². The van der Waals surface area contributed by atoms with Gasteiger partial charge in [0.1, 0.15) is 5.82 Å². The predicted molar refractivity (Wildman–Crippen MR) is 79.9 cm³/mol. The first-order valence-corrected chi connectivity index (χ1v) is 7.35. The summed E-state index contributed by atoms with van der Waals surface area (Å²) >= 11 is 12.3. The molecule has 1 saturated heterocycles. The number of rotatable bonds is 2. The average Bonchev–Trinajstić information content (AvgIpc) is 2.51. The van der Waals surface area contributed by atoms with Gasteiger partial charge in [0.2, 0.25) is 0 Å². The molecule has 1 atom stereocenters. The standard InChI is InChI=1S/C14H19Cl2FN2/c1-3-14(2)9-19(6-4-5-18-14)13-11(15)7-10(17)8-12(13)16/h7-8,18H,3-6,9H2,1-2H3. The fraction of sp³-hybridized carbons (Fsp3) is 0.571. The van der Waals surface area contributed by atoms with Gasteiger partial charge in [-0.15, -0.1) is 0 Å². The van der Waals surface area contributed by atoms with E-state index in [1.807, 2.05) is 0 Å². The van der Waals surface area contributed by atoms with Crippen LogP contribution in [-0.2, 0) is 0 Å². The first-order chi connectivity index (χ1) is 8.95. The molecule has 5 heteroatoms. The third-order valence-electron chi connectivity index (χ3n) is 3.77. The monoisotopic (exact) mass is 304 g/mol. The van der Waals surface area contributed by atoms with Crippen molar-refractivity contribution in [3.63, 3.8) is 0 Å². The first-order valence-electron chi connectivity index (χ1n) is 6.60. The Morgan fingerprint density at radius 2 is 2.00 bits per heavy atom. The van der Waals surface area contributed by atoms with E-state index in [0.29, 0.717) is 10.0 Å². The summed E-state index contributed by atoms with van der Waals surface area (Å²) in [5, 5.41) is 4.32. The third-order valence-corrected chi connectivity index (χ3v) is 4.35. The number of hydrogen-bond acceptors (Lipinski definition) is 2. The van der Waals surface area contributed by atoms with Crippen LogP contribution in [0.25, 0.3) is 0 Å². The van der Waals surface area contributed by atoms with E-state index in [1.165, 1.54) is 12.1 Å². The van der Waals surface area contributed by atoms with E-state index in [1.54, 1.807) is 0 Å². The van der Waals surface area contributed by atoms with Crippen LogP contribution in [0.4, 0.5) is 10.1 Å². The Kier molecular flexibility index (Phi) is 4.59. The van der Waals surface area contributed by atoms with Crippen molar-refractivity contribution < 1.29 is 4.39 Å². The number of anilines is 1. The highest BCUT2D eigenvalue weighted by Crippen LogP contribution is 2.36. The van der Waals surface area contributed by atoms with Gasteiger partial charge in [0.25, 0.3) is 0 Å². The number of halogens is 3. The normalized spacial score (nSPS) is 24.4. The van der Waals surface area contributed by atoms with Gasteiger partial charge in [-0.05, 0) is 38.4 Å². The van der Waals surface area contributed by atoms with Crippen molar-refractivity contribution in [2.75, 3.05) is 24.5 Å². The van der Waals surface area contributed by atoms with Crippen LogP contribution in [-0.4, -0.2) is 25.2 Å². The molecule has 0 aliphatic carbocycles. The van der Waals surface area contributed by atoms with Gasteiger partial charge in [0.05, 0.1) is 15.7 Å². The topological polar surface area (TPSA) is 15.3 Å². The summed E-state index contributed by atoms with van der Waals surface area (Å²) in [7, 11) is 0. The molecule has 2 nitrogen and oxygen atoms in total. The SMILES string of the molecule is CCC1(C)CN(c2c(Cl)cc(F)cc2Cl)CCCN1. The summed E-state index contributed by atoms with van der Waals surface area (Å²) in [5.74, 6) is -0.398. The number of hydrogen-bond donors (Lipinski definition) is 1. The van der Waals surface area contributed by atoms with Crippen LogP contribution in [0.15, 0.2) is 12.1 Å². The number of nitrogens with zero attached hydrogens (tertiary/aromatic N) is 1. The molecule has 0 aromatic heterocycles. The van der Waals surface area contributed by atoms with Crippen molar-refractivity contribution in [2.45, 2.75) is 32.2 Å². The van der Waals surface area contributed by atoms with Crippen molar-refractivity contribution in [3.8, 4) is 0 Å². The molecule has 1 aromatic rings. The Morgan fingerprint density at radius 1 is 1.37 bits per heavy atom. The van der Waals surface area contributed by atoms with Crippen LogP contribution >= 0.6 is 23.2 Å². The molecule has 1 unspecified atom stereocenters. The fourth-order valence-electron chi connectivity index (χ4n) is 2.48. The van der Waals surface area contributed by atoms with Crippen LogP contribution in [0.5, 0.6) is 0 Å². The Morgan fingerprint density at radius 3 is 2.58 bits per heavy atom. The van der Waals surface area contributed by atoms with E-state index in [-0.39, 0.29) is 5.54 Å². The molecule has 19 heavy (non-hydrogen) atoms. The maximum absolute atomic E-state index is 13.3. The molecule has 0 amide bonds. The largest absolute Gasteiger partial charge is 0.367 e. The summed E-state index contributed by atoms with van der Waals surface area (Å²) in [6.07, 6.45) is 2.03. The van der Waals surface area contributed by atoms with Crippen molar-refractivity contribution in [1.29, 1.82) is 0 Å². The molecule has 1 N–H and O–H groups in total. The van der Waals surface area contributed by atoms with Crippen LogP contribution in [0.1, 0.15) is 26.7 Å². The summed E-state index contributed by atoms with van der Waals surface area (Å²) in [5.41, 5.74) is 0.769. The van der Waals surface area contributed by atoms with E-state index in [2.05, 4.69) is 24.1 Å². The molecule has 1 fully saturated rings. The quantitative estimate of drug-likeness (QED) is 0.885. The second-order valence-corrected chi connectivity index (χ2v) is 6.15. The van der Waals surface area contributed by atoms with Crippen molar-refractivity contribution in [2.24, 2.45) is 0 Å². The minimum absolute atomic E-state index is 0.0253. The molecule has 1 aromatic carbocycles. The Labute approximate surface area is 123 Å². The maximum atomic E-state index is 13.3. The maximum Gasteiger partial charge on any atom is 0.126 e. The van der Waals surface area contributed by atoms with Gasteiger partial charge < -0.3 is 10.2 Å². The highest BCUT2D eigenvalue weighted by Gasteiger charge is 2.29. The van der Waals surface area contributed by atoms with Crippen LogP contribution in [0.3, 0.4) is 0 Å². The minimum atomic E-state index is -0.398. The van der Waals surface area contributed by atoms with Gasteiger partial charge >= 0.3 is 0 Å². The predicted octanol–water partition coefficient (Wildman–Crippen LogP) is 4.10. The summed E-state index contributed by atoms with van der Waals surface area (Å²) in [6, 6.07) is 2.65. The molecule has 1 heterocycles. The molecule has 106 valence electrons. The highest BCUT2D eigenvalue weighted by atomic mass is 35.5. The lowest BCUT2D eigenvalue weighted by molar-refractivity contribution is 0.366. The zero-order valence-electron chi connectivity index (χ0n) is 11.3. The van der Waals surface area contributed by atoms with Crippen LogP contribution in [0.2, 0.25) is 10.0 Å². The fourth-order valence-corrected chi connectivity index (χ4v) is 3.18. The average molecular weight is 305 g/mol. The molecule has 1 aliphatic rings. The molecule has 1 aliphatic heterocycles. The van der Waals surface area contributed by atoms with Gasteiger partial charge in [0, 0.05) is 18.6 Å². The van der Waals surface area contributed by atoms with Gasteiger partial charge in [-0.2, -0.15) is 0 Å². The lowest BCUT2D eigenvalue weighted by Crippen LogP contribution is -2.48. The van der Waals surface area contributed by atoms with E-state index < -0.39 is 5.82 Å². The zero-order valence-corrected chi connectivity index (χ0v) is 12.8. The minimum Gasteiger partial charge on any atom is -0.367 e.